The number of carbonyl (C=O) groups excluding carboxylic acids is 2. The van der Waals surface area contributed by atoms with Crippen LogP contribution < -0.4 is 10.6 Å². The van der Waals surface area contributed by atoms with Crippen molar-refractivity contribution < 1.29 is 19.1 Å². The Morgan fingerprint density at radius 2 is 1.96 bits per heavy atom. The summed E-state index contributed by atoms with van der Waals surface area (Å²) in [6.07, 6.45) is 0. The molecule has 124 valence electrons. The number of ether oxygens (including phenoxy) is 2. The molecule has 1 heterocycles. The summed E-state index contributed by atoms with van der Waals surface area (Å²) in [5.74, 6) is -0.460. The number of rotatable bonds is 5. The van der Waals surface area contributed by atoms with Gasteiger partial charge in [0.05, 0.1) is 18.2 Å². The minimum Gasteiger partial charge on any atom is -0.460 e. The summed E-state index contributed by atoms with van der Waals surface area (Å²) < 4.78 is 10.1. The van der Waals surface area contributed by atoms with Gasteiger partial charge in [0.1, 0.15) is 6.61 Å². The molecule has 0 saturated carbocycles. The van der Waals surface area contributed by atoms with Gasteiger partial charge >= 0.3 is 12.0 Å². The number of carbonyl (C=O) groups is 2. The lowest BCUT2D eigenvalue weighted by Gasteiger charge is -2.29. The molecule has 0 aliphatic carbocycles. The van der Waals surface area contributed by atoms with Crippen LogP contribution in [0.15, 0.2) is 29.5 Å². The van der Waals surface area contributed by atoms with Gasteiger partial charge < -0.3 is 20.1 Å². The van der Waals surface area contributed by atoms with E-state index in [1.165, 1.54) is 0 Å². The smallest absolute Gasteiger partial charge is 0.338 e. The first-order valence-corrected chi connectivity index (χ1v) is 7.45. The van der Waals surface area contributed by atoms with Crippen LogP contribution in [0.1, 0.15) is 29.7 Å². The first-order valence-electron chi connectivity index (χ1n) is 7.45. The topological polar surface area (TPSA) is 76.7 Å². The van der Waals surface area contributed by atoms with Crippen molar-refractivity contribution in [3.8, 4) is 0 Å². The average Bonchev–Trinajstić information content (AvgIpc) is 2.49. The number of methoxy groups -OCH3 is 1. The number of aryl methyl sites for hydroxylation is 2. The number of esters is 1. The SMILES string of the molecule is COCCOC(=O)C1=C(C)NC(=O)N[C@@H]1c1cc(C)ccc1C. The van der Waals surface area contributed by atoms with E-state index in [-0.39, 0.29) is 12.6 Å². The molecule has 1 atom stereocenters. The van der Waals surface area contributed by atoms with Gasteiger partial charge in [0.15, 0.2) is 0 Å². The van der Waals surface area contributed by atoms with E-state index < -0.39 is 12.0 Å². The number of urea groups is 1. The molecule has 2 N–H and O–H groups in total. The van der Waals surface area contributed by atoms with Crippen molar-refractivity contribution in [1.82, 2.24) is 10.6 Å². The lowest BCUT2D eigenvalue weighted by atomic mass is 9.91. The number of nitrogens with one attached hydrogen (secondary N) is 2. The third-order valence-corrected chi connectivity index (χ3v) is 3.76. The molecule has 0 unspecified atom stereocenters. The second-order valence-corrected chi connectivity index (χ2v) is 5.56. The van der Waals surface area contributed by atoms with Crippen LogP contribution in [0.4, 0.5) is 4.79 Å². The molecule has 1 aliphatic rings. The maximum atomic E-state index is 12.4. The normalized spacial score (nSPS) is 17.6. The van der Waals surface area contributed by atoms with Crippen molar-refractivity contribution in [1.29, 1.82) is 0 Å². The van der Waals surface area contributed by atoms with Crippen molar-refractivity contribution in [2.75, 3.05) is 20.3 Å². The minimum atomic E-state index is -0.529. The second-order valence-electron chi connectivity index (χ2n) is 5.56. The Balaban J connectivity index is 2.38. The number of amides is 2. The lowest BCUT2D eigenvalue weighted by Crippen LogP contribution is -2.45. The van der Waals surface area contributed by atoms with Crippen LogP contribution in [0.2, 0.25) is 0 Å². The Hall–Kier alpha value is -2.34. The molecular formula is C17H22N2O4. The number of allylic oxidation sites excluding steroid dienone is 1. The first kappa shape index (κ1) is 17.0. The molecule has 6 nitrogen and oxygen atoms in total. The van der Waals surface area contributed by atoms with Crippen LogP contribution in [0.5, 0.6) is 0 Å². The summed E-state index contributed by atoms with van der Waals surface area (Å²) in [6, 6.07) is 5.08. The third-order valence-electron chi connectivity index (χ3n) is 3.76. The fraction of sp³-hybridized carbons (Fsp3) is 0.412. The van der Waals surface area contributed by atoms with E-state index in [1.807, 2.05) is 32.0 Å². The van der Waals surface area contributed by atoms with E-state index in [0.717, 1.165) is 16.7 Å². The predicted octanol–water partition coefficient (Wildman–Crippen LogP) is 2.12. The molecule has 0 fully saturated rings. The molecule has 0 radical (unpaired) electrons. The van der Waals surface area contributed by atoms with Crippen LogP contribution in [-0.2, 0) is 14.3 Å². The second kappa shape index (κ2) is 7.28. The van der Waals surface area contributed by atoms with Gasteiger partial charge in [-0.05, 0) is 31.9 Å². The van der Waals surface area contributed by atoms with Crippen LogP contribution in [0, 0.1) is 13.8 Å². The van der Waals surface area contributed by atoms with Crippen molar-refractivity contribution in [2.24, 2.45) is 0 Å². The molecule has 0 bridgehead atoms. The summed E-state index contributed by atoms with van der Waals surface area (Å²) in [5.41, 5.74) is 3.86. The van der Waals surface area contributed by atoms with Gasteiger partial charge in [-0.25, -0.2) is 9.59 Å². The summed E-state index contributed by atoms with van der Waals surface area (Å²) in [7, 11) is 1.54. The zero-order valence-corrected chi connectivity index (χ0v) is 13.9. The summed E-state index contributed by atoms with van der Waals surface area (Å²) in [4.78, 5) is 24.3. The Labute approximate surface area is 135 Å². The summed E-state index contributed by atoms with van der Waals surface area (Å²) in [5, 5.41) is 5.44. The lowest BCUT2D eigenvalue weighted by molar-refractivity contribution is -0.140. The van der Waals surface area contributed by atoms with Gasteiger partial charge in [-0.2, -0.15) is 0 Å². The van der Waals surface area contributed by atoms with E-state index in [2.05, 4.69) is 10.6 Å². The van der Waals surface area contributed by atoms with E-state index in [1.54, 1.807) is 14.0 Å². The van der Waals surface area contributed by atoms with Crippen LogP contribution in [0.3, 0.4) is 0 Å². The molecule has 2 rings (SSSR count). The van der Waals surface area contributed by atoms with Crippen molar-refractivity contribution in [2.45, 2.75) is 26.8 Å². The van der Waals surface area contributed by atoms with Gasteiger partial charge in [0.2, 0.25) is 0 Å². The zero-order chi connectivity index (χ0) is 17.0. The molecule has 6 heteroatoms. The highest BCUT2D eigenvalue weighted by molar-refractivity contribution is 5.95. The Morgan fingerprint density at radius 1 is 1.22 bits per heavy atom. The molecule has 1 aromatic rings. The van der Waals surface area contributed by atoms with Crippen molar-refractivity contribution in [3.63, 3.8) is 0 Å². The largest absolute Gasteiger partial charge is 0.460 e. The summed E-state index contributed by atoms with van der Waals surface area (Å²) in [6.45, 7) is 6.11. The number of hydrogen-bond donors (Lipinski definition) is 2. The van der Waals surface area contributed by atoms with Crippen molar-refractivity contribution in [3.05, 3.63) is 46.2 Å². The van der Waals surface area contributed by atoms with E-state index in [9.17, 15) is 9.59 Å². The molecule has 1 aromatic carbocycles. The molecule has 23 heavy (non-hydrogen) atoms. The number of benzene rings is 1. The fourth-order valence-corrected chi connectivity index (χ4v) is 2.56. The maximum Gasteiger partial charge on any atom is 0.338 e. The Kier molecular flexibility index (Phi) is 5.39. The number of hydrogen-bond acceptors (Lipinski definition) is 4. The molecular weight excluding hydrogens is 296 g/mol. The van der Waals surface area contributed by atoms with Gasteiger partial charge in [-0.3, -0.25) is 0 Å². The first-order chi connectivity index (χ1) is 10.9. The highest BCUT2D eigenvalue weighted by atomic mass is 16.6. The van der Waals surface area contributed by atoms with Gasteiger partial charge in [-0.15, -0.1) is 0 Å². The van der Waals surface area contributed by atoms with Crippen LogP contribution in [0.25, 0.3) is 0 Å². The highest BCUT2D eigenvalue weighted by Crippen LogP contribution is 2.30. The van der Waals surface area contributed by atoms with E-state index in [0.29, 0.717) is 17.9 Å². The van der Waals surface area contributed by atoms with Crippen LogP contribution in [-0.4, -0.2) is 32.3 Å². The van der Waals surface area contributed by atoms with Gasteiger partial charge in [0, 0.05) is 12.8 Å². The fourth-order valence-electron chi connectivity index (χ4n) is 2.56. The molecule has 1 aliphatic heterocycles. The van der Waals surface area contributed by atoms with E-state index in [4.69, 9.17) is 9.47 Å². The quantitative estimate of drug-likeness (QED) is 0.644. The standard InChI is InChI=1S/C17H22N2O4/c1-10-5-6-11(2)13(9-10)15-14(12(3)18-17(21)19-15)16(20)23-8-7-22-4/h5-6,9,15H,7-8H2,1-4H3,(H2,18,19,21)/t15-/m1/s1. The average molecular weight is 318 g/mol. The Bertz CT molecular complexity index is 652. The zero-order valence-electron chi connectivity index (χ0n) is 13.9. The van der Waals surface area contributed by atoms with Gasteiger partial charge in [0.25, 0.3) is 0 Å². The monoisotopic (exact) mass is 318 g/mol. The third kappa shape index (κ3) is 3.90. The van der Waals surface area contributed by atoms with Gasteiger partial charge in [-0.1, -0.05) is 23.8 Å². The van der Waals surface area contributed by atoms with Crippen molar-refractivity contribution >= 4 is 12.0 Å². The van der Waals surface area contributed by atoms with E-state index >= 15 is 0 Å². The molecule has 2 amide bonds. The molecule has 0 spiro atoms. The minimum absolute atomic E-state index is 0.166. The van der Waals surface area contributed by atoms with Crippen LogP contribution >= 0.6 is 0 Å². The molecule has 0 saturated heterocycles. The Morgan fingerprint density at radius 3 is 2.65 bits per heavy atom. The highest BCUT2D eigenvalue weighted by Gasteiger charge is 2.32. The maximum absolute atomic E-state index is 12.4. The molecule has 0 aromatic heterocycles. The summed E-state index contributed by atoms with van der Waals surface area (Å²) >= 11 is 0. The predicted molar refractivity (Wildman–Crippen MR) is 85.9 cm³/mol.